The van der Waals surface area contributed by atoms with Crippen molar-refractivity contribution in [2.24, 2.45) is 0 Å². The largest absolute Gasteiger partial charge is 0.262 e. The highest BCUT2D eigenvalue weighted by molar-refractivity contribution is 7.90. The van der Waals surface area contributed by atoms with E-state index in [1.54, 1.807) is 0 Å². The highest BCUT2D eigenvalue weighted by Gasteiger charge is 2.30. The second kappa shape index (κ2) is 5.60. The van der Waals surface area contributed by atoms with E-state index in [1.165, 1.54) is 0 Å². The summed E-state index contributed by atoms with van der Waals surface area (Å²) in [4.78, 5) is 4.32. The zero-order valence-corrected chi connectivity index (χ0v) is 12.8. The Labute approximate surface area is 124 Å². The fourth-order valence-electron chi connectivity index (χ4n) is 2.55. The molecule has 2 aromatic rings. The van der Waals surface area contributed by atoms with Crippen LogP contribution in [0, 0.1) is 0 Å². The fourth-order valence-corrected chi connectivity index (χ4v) is 4.35. The Kier molecular flexibility index (Phi) is 3.80. The molecule has 6 heteroatoms. The maximum Gasteiger partial charge on any atom is 0.164 e. The fraction of sp³-hybridized carbons (Fsp3) is 0.467. The molecule has 0 amide bonds. The zero-order chi connectivity index (χ0) is 14.9. The summed E-state index contributed by atoms with van der Waals surface area (Å²) in [7, 11) is -3.30. The van der Waals surface area contributed by atoms with Crippen LogP contribution in [-0.4, -0.2) is 23.6 Å². The lowest BCUT2D eigenvalue weighted by Gasteiger charge is -2.15. The van der Waals surface area contributed by atoms with Crippen molar-refractivity contribution in [1.82, 2.24) is 15.2 Å². The first-order valence-corrected chi connectivity index (χ1v) is 8.99. The summed E-state index contributed by atoms with van der Waals surface area (Å²) in [6, 6.07) is 9.35. The molecule has 112 valence electrons. The molecule has 5 nitrogen and oxygen atoms in total. The number of benzene rings is 1. The highest BCUT2D eigenvalue weighted by atomic mass is 32.2. The van der Waals surface area contributed by atoms with Crippen molar-refractivity contribution in [3.63, 3.8) is 0 Å². The summed E-state index contributed by atoms with van der Waals surface area (Å²) in [5, 5.41) is 6.40. The van der Waals surface area contributed by atoms with Gasteiger partial charge in [-0.15, -0.1) is 0 Å². The molecule has 0 saturated heterocycles. The lowest BCUT2D eigenvalue weighted by molar-refractivity contribution is 0.577. The molecule has 21 heavy (non-hydrogen) atoms. The maximum atomic E-state index is 12.6. The molecule has 0 spiro atoms. The first kappa shape index (κ1) is 14.3. The standard InChI is InChI=1S/C15H19N3O2S/c1-2-13(11-6-4-3-5-7-11)21(19,20)10-14-16-15(18-17-14)12-8-9-12/h3-7,12-13H,2,8-10H2,1H3,(H,16,17,18)/t13-/m1/s1. The van der Waals surface area contributed by atoms with Crippen molar-refractivity contribution >= 4 is 9.84 Å². The van der Waals surface area contributed by atoms with E-state index in [4.69, 9.17) is 0 Å². The van der Waals surface area contributed by atoms with Gasteiger partial charge in [0.25, 0.3) is 0 Å². The Morgan fingerprint density at radius 1 is 1.29 bits per heavy atom. The molecule has 0 radical (unpaired) electrons. The van der Waals surface area contributed by atoms with Crippen molar-refractivity contribution in [3.05, 3.63) is 47.5 Å². The van der Waals surface area contributed by atoms with Gasteiger partial charge in [-0.25, -0.2) is 13.4 Å². The molecule has 0 aliphatic heterocycles. The Bertz CT molecular complexity index is 706. The number of sulfone groups is 1. The van der Waals surface area contributed by atoms with Gasteiger partial charge in [0.15, 0.2) is 15.7 Å². The van der Waals surface area contributed by atoms with E-state index in [0.717, 1.165) is 24.2 Å². The lowest BCUT2D eigenvalue weighted by Crippen LogP contribution is -2.15. The van der Waals surface area contributed by atoms with Crippen LogP contribution in [0.5, 0.6) is 0 Å². The van der Waals surface area contributed by atoms with Crippen LogP contribution in [0.4, 0.5) is 0 Å². The van der Waals surface area contributed by atoms with E-state index in [1.807, 2.05) is 37.3 Å². The van der Waals surface area contributed by atoms with E-state index in [9.17, 15) is 8.42 Å². The van der Waals surface area contributed by atoms with Crippen molar-refractivity contribution in [1.29, 1.82) is 0 Å². The molecular formula is C15H19N3O2S. The van der Waals surface area contributed by atoms with Gasteiger partial charge < -0.3 is 0 Å². The predicted octanol–water partition coefficient (Wildman–Crippen LogP) is 2.75. The number of rotatable bonds is 6. The smallest absolute Gasteiger partial charge is 0.164 e. The number of H-pyrrole nitrogens is 1. The quantitative estimate of drug-likeness (QED) is 0.890. The van der Waals surface area contributed by atoms with Gasteiger partial charge in [-0.3, -0.25) is 5.10 Å². The van der Waals surface area contributed by atoms with E-state index >= 15 is 0 Å². The molecule has 1 aliphatic carbocycles. The summed E-state index contributed by atoms with van der Waals surface area (Å²) in [5.74, 6) is 1.55. The van der Waals surface area contributed by atoms with Gasteiger partial charge in [-0.05, 0) is 24.8 Å². The molecule has 1 aromatic heterocycles. The van der Waals surface area contributed by atoms with Crippen LogP contribution in [0.1, 0.15) is 54.6 Å². The topological polar surface area (TPSA) is 75.7 Å². The van der Waals surface area contributed by atoms with Gasteiger partial charge in [0.1, 0.15) is 11.6 Å². The lowest BCUT2D eigenvalue weighted by atomic mass is 10.1. The van der Waals surface area contributed by atoms with E-state index in [2.05, 4.69) is 15.2 Å². The minimum atomic E-state index is -3.30. The average Bonchev–Trinajstić information content (AvgIpc) is 3.21. The molecule has 1 heterocycles. The average molecular weight is 305 g/mol. The van der Waals surface area contributed by atoms with Gasteiger partial charge in [-0.1, -0.05) is 37.3 Å². The number of aromatic amines is 1. The number of aromatic nitrogens is 3. The normalized spacial score (nSPS) is 16.8. The number of nitrogens with one attached hydrogen (secondary N) is 1. The monoisotopic (exact) mass is 305 g/mol. The third-order valence-corrected chi connectivity index (χ3v) is 5.95. The summed E-state index contributed by atoms with van der Waals surface area (Å²) in [6.07, 6.45) is 2.76. The van der Waals surface area contributed by atoms with Crippen molar-refractivity contribution in [2.45, 2.75) is 43.1 Å². The Hall–Kier alpha value is -1.69. The Balaban J connectivity index is 1.80. The van der Waals surface area contributed by atoms with Crippen molar-refractivity contribution in [3.8, 4) is 0 Å². The summed E-state index contributed by atoms with van der Waals surface area (Å²) < 4.78 is 25.3. The second-order valence-electron chi connectivity index (χ2n) is 5.53. The van der Waals surface area contributed by atoms with Gasteiger partial charge in [-0.2, -0.15) is 5.10 Å². The third kappa shape index (κ3) is 3.15. The molecule has 1 aromatic carbocycles. The molecule has 0 unspecified atom stereocenters. The van der Waals surface area contributed by atoms with Crippen LogP contribution in [0.25, 0.3) is 0 Å². The van der Waals surface area contributed by atoms with Crippen LogP contribution < -0.4 is 0 Å². The molecule has 1 N–H and O–H groups in total. The zero-order valence-electron chi connectivity index (χ0n) is 12.0. The Morgan fingerprint density at radius 2 is 2.00 bits per heavy atom. The van der Waals surface area contributed by atoms with Crippen LogP contribution in [-0.2, 0) is 15.6 Å². The van der Waals surface area contributed by atoms with Crippen LogP contribution in [0.15, 0.2) is 30.3 Å². The molecule has 3 rings (SSSR count). The first-order chi connectivity index (χ1) is 10.1. The molecule has 1 fully saturated rings. The predicted molar refractivity (Wildman–Crippen MR) is 80.5 cm³/mol. The van der Waals surface area contributed by atoms with Crippen LogP contribution in [0.3, 0.4) is 0 Å². The minimum absolute atomic E-state index is 0.0832. The van der Waals surface area contributed by atoms with Gasteiger partial charge in [0, 0.05) is 5.92 Å². The summed E-state index contributed by atoms with van der Waals surface area (Å²) in [5.41, 5.74) is 0.835. The van der Waals surface area contributed by atoms with Crippen molar-refractivity contribution < 1.29 is 8.42 Å². The number of hydrogen-bond donors (Lipinski definition) is 1. The van der Waals surface area contributed by atoms with Crippen LogP contribution >= 0.6 is 0 Å². The van der Waals surface area contributed by atoms with Crippen molar-refractivity contribution in [2.75, 3.05) is 0 Å². The first-order valence-electron chi connectivity index (χ1n) is 7.28. The molecule has 0 bridgehead atoms. The second-order valence-corrected chi connectivity index (χ2v) is 7.71. The Morgan fingerprint density at radius 3 is 2.62 bits per heavy atom. The summed E-state index contributed by atoms with van der Waals surface area (Å²) in [6.45, 7) is 1.89. The van der Waals surface area contributed by atoms with E-state index < -0.39 is 15.1 Å². The molecule has 1 atom stereocenters. The molecule has 1 saturated carbocycles. The number of hydrogen-bond acceptors (Lipinski definition) is 4. The van der Waals surface area contributed by atoms with E-state index in [0.29, 0.717) is 18.2 Å². The SMILES string of the molecule is CC[C@H](c1ccccc1)S(=O)(=O)Cc1nc(C2CC2)n[nH]1. The summed E-state index contributed by atoms with van der Waals surface area (Å²) >= 11 is 0. The van der Waals surface area contributed by atoms with Gasteiger partial charge >= 0.3 is 0 Å². The maximum absolute atomic E-state index is 12.6. The highest BCUT2D eigenvalue weighted by Crippen LogP contribution is 2.38. The third-order valence-electron chi connectivity index (χ3n) is 3.81. The van der Waals surface area contributed by atoms with Gasteiger partial charge in [0.2, 0.25) is 0 Å². The van der Waals surface area contributed by atoms with E-state index in [-0.39, 0.29) is 5.75 Å². The minimum Gasteiger partial charge on any atom is -0.262 e. The number of nitrogens with zero attached hydrogens (tertiary/aromatic N) is 2. The molecule has 1 aliphatic rings. The van der Waals surface area contributed by atoms with Crippen LogP contribution in [0.2, 0.25) is 0 Å². The molecular weight excluding hydrogens is 286 g/mol. The van der Waals surface area contributed by atoms with Gasteiger partial charge in [0.05, 0.1) is 5.25 Å².